The quantitative estimate of drug-likeness (QED) is 0.922. The Hall–Kier alpha value is -0.620. The molecule has 1 saturated heterocycles. The monoisotopic (exact) mass is 302 g/mol. The third-order valence-electron chi connectivity index (χ3n) is 3.29. The average Bonchev–Trinajstić information content (AvgIpc) is 2.74. The molecule has 1 unspecified atom stereocenters. The third-order valence-corrected chi connectivity index (χ3v) is 4.50. The number of hydrogen-bond donors (Lipinski definition) is 1. The lowest BCUT2D eigenvalue weighted by molar-refractivity contribution is -0.132. The number of aliphatic hydroxyl groups is 1. The number of carbonyl (C=O) groups excluding carboxylic acids is 1. The number of hydrogen-bond acceptors (Lipinski definition) is 4. The van der Waals surface area contributed by atoms with Gasteiger partial charge in [-0.15, -0.1) is 11.3 Å². The van der Waals surface area contributed by atoms with Gasteiger partial charge in [0.25, 0.3) is 0 Å². The molecular weight excluding hydrogens is 284 g/mol. The molecule has 1 fully saturated rings. The Labute approximate surface area is 122 Å². The molecule has 1 N–H and O–H groups in total. The Morgan fingerprint density at radius 3 is 3.05 bits per heavy atom. The molecule has 19 heavy (non-hydrogen) atoms. The Balaban J connectivity index is 1.81. The van der Waals surface area contributed by atoms with E-state index in [0.717, 1.165) is 28.6 Å². The number of aliphatic hydroxyl groups excluding tert-OH is 1. The van der Waals surface area contributed by atoms with Gasteiger partial charge in [-0.1, -0.05) is 11.6 Å². The van der Waals surface area contributed by atoms with Crippen molar-refractivity contribution in [1.29, 1.82) is 0 Å². The van der Waals surface area contributed by atoms with E-state index in [0.29, 0.717) is 19.6 Å². The van der Waals surface area contributed by atoms with Crippen LogP contribution in [0.4, 0.5) is 0 Å². The minimum atomic E-state index is -0.289. The van der Waals surface area contributed by atoms with Crippen LogP contribution >= 0.6 is 22.9 Å². The summed E-state index contributed by atoms with van der Waals surface area (Å²) in [4.78, 5) is 16.9. The molecule has 0 bridgehead atoms. The lowest BCUT2D eigenvalue weighted by Crippen LogP contribution is -2.44. The van der Waals surface area contributed by atoms with Gasteiger partial charge in [0.05, 0.1) is 23.5 Å². The van der Waals surface area contributed by atoms with Crippen molar-refractivity contribution in [2.75, 3.05) is 26.7 Å². The fourth-order valence-corrected chi connectivity index (χ4v) is 3.39. The van der Waals surface area contributed by atoms with Crippen LogP contribution < -0.4 is 0 Å². The summed E-state index contributed by atoms with van der Waals surface area (Å²) in [6.45, 7) is 2.46. The van der Waals surface area contributed by atoms with Gasteiger partial charge in [0.1, 0.15) is 0 Å². The Bertz CT molecular complexity index is 438. The first kappa shape index (κ1) is 14.8. The molecule has 1 aromatic rings. The summed E-state index contributed by atoms with van der Waals surface area (Å²) in [7, 11) is 1.80. The second-order valence-corrected chi connectivity index (χ2v) is 6.79. The number of β-amino-alcohol motifs (C(OH)–C–C–N with tert-alkyl or cyclic N) is 1. The van der Waals surface area contributed by atoms with E-state index in [2.05, 4.69) is 0 Å². The highest BCUT2D eigenvalue weighted by Crippen LogP contribution is 2.22. The standard InChI is InChI=1S/C13H19ClN2O2S/c1-15(8-11-4-5-12(14)19-11)13(18)9-16-6-2-3-10(17)7-16/h4-5,10,17H,2-3,6-9H2,1H3. The fourth-order valence-electron chi connectivity index (χ4n) is 2.25. The van der Waals surface area contributed by atoms with E-state index in [9.17, 15) is 9.90 Å². The van der Waals surface area contributed by atoms with Crippen molar-refractivity contribution in [2.24, 2.45) is 0 Å². The van der Waals surface area contributed by atoms with Crippen LogP contribution in [0.3, 0.4) is 0 Å². The number of halogens is 1. The maximum atomic E-state index is 12.1. The van der Waals surface area contributed by atoms with Gasteiger partial charge in [-0.05, 0) is 31.5 Å². The number of carbonyl (C=O) groups is 1. The van der Waals surface area contributed by atoms with Crippen LogP contribution in [0.5, 0.6) is 0 Å². The van der Waals surface area contributed by atoms with E-state index in [1.54, 1.807) is 11.9 Å². The molecule has 1 aliphatic heterocycles. The highest BCUT2D eigenvalue weighted by Gasteiger charge is 2.21. The van der Waals surface area contributed by atoms with Gasteiger partial charge < -0.3 is 10.0 Å². The van der Waals surface area contributed by atoms with Gasteiger partial charge >= 0.3 is 0 Å². The van der Waals surface area contributed by atoms with Gasteiger partial charge in [-0.25, -0.2) is 0 Å². The van der Waals surface area contributed by atoms with E-state index < -0.39 is 0 Å². The number of amides is 1. The molecule has 2 heterocycles. The third kappa shape index (κ3) is 4.45. The second-order valence-electron chi connectivity index (χ2n) is 4.99. The molecule has 1 amide bonds. The number of likely N-dealkylation sites (N-methyl/N-ethyl adjacent to an activating group) is 1. The summed E-state index contributed by atoms with van der Waals surface area (Å²) < 4.78 is 0.745. The van der Waals surface area contributed by atoms with E-state index in [-0.39, 0.29) is 12.0 Å². The molecule has 4 nitrogen and oxygen atoms in total. The topological polar surface area (TPSA) is 43.8 Å². The van der Waals surface area contributed by atoms with Gasteiger partial charge in [0, 0.05) is 18.5 Å². The lowest BCUT2D eigenvalue weighted by Gasteiger charge is -2.30. The molecule has 1 aromatic heterocycles. The fraction of sp³-hybridized carbons (Fsp3) is 0.615. The highest BCUT2D eigenvalue weighted by atomic mass is 35.5. The summed E-state index contributed by atoms with van der Waals surface area (Å²) in [6, 6.07) is 3.79. The number of rotatable bonds is 4. The van der Waals surface area contributed by atoms with Gasteiger partial charge in [-0.2, -0.15) is 0 Å². The van der Waals surface area contributed by atoms with Crippen LogP contribution in [-0.2, 0) is 11.3 Å². The summed E-state index contributed by atoms with van der Waals surface area (Å²) >= 11 is 7.37. The summed E-state index contributed by atoms with van der Waals surface area (Å²) in [5, 5.41) is 9.59. The van der Waals surface area contributed by atoms with Crippen molar-refractivity contribution in [1.82, 2.24) is 9.80 Å². The highest BCUT2D eigenvalue weighted by molar-refractivity contribution is 7.16. The molecule has 1 atom stereocenters. The predicted molar refractivity (Wildman–Crippen MR) is 77.5 cm³/mol. The zero-order valence-corrected chi connectivity index (χ0v) is 12.6. The average molecular weight is 303 g/mol. The van der Waals surface area contributed by atoms with Crippen LogP contribution in [0.2, 0.25) is 4.34 Å². The minimum Gasteiger partial charge on any atom is -0.392 e. The van der Waals surface area contributed by atoms with Gasteiger partial charge in [0.2, 0.25) is 5.91 Å². The van der Waals surface area contributed by atoms with Crippen LogP contribution in [0, 0.1) is 0 Å². The molecule has 2 rings (SSSR count). The van der Waals surface area contributed by atoms with Crippen LogP contribution in [0.25, 0.3) is 0 Å². The van der Waals surface area contributed by atoms with E-state index >= 15 is 0 Å². The smallest absolute Gasteiger partial charge is 0.236 e. The molecule has 0 aliphatic carbocycles. The van der Waals surface area contributed by atoms with Crippen molar-refractivity contribution < 1.29 is 9.90 Å². The molecular formula is C13H19ClN2O2S. The molecule has 0 aromatic carbocycles. The molecule has 0 radical (unpaired) electrons. The zero-order valence-electron chi connectivity index (χ0n) is 11.0. The Morgan fingerprint density at radius 1 is 1.63 bits per heavy atom. The van der Waals surface area contributed by atoms with E-state index in [1.807, 2.05) is 17.0 Å². The van der Waals surface area contributed by atoms with E-state index in [1.165, 1.54) is 11.3 Å². The number of likely N-dealkylation sites (tertiary alicyclic amines) is 1. The van der Waals surface area contributed by atoms with Crippen molar-refractivity contribution in [3.8, 4) is 0 Å². The maximum absolute atomic E-state index is 12.1. The molecule has 6 heteroatoms. The first-order valence-electron chi connectivity index (χ1n) is 6.43. The predicted octanol–water partition coefficient (Wildman–Crippen LogP) is 1.82. The Kier molecular flexibility index (Phi) is 5.21. The molecule has 106 valence electrons. The maximum Gasteiger partial charge on any atom is 0.236 e. The zero-order chi connectivity index (χ0) is 13.8. The normalized spacial score (nSPS) is 20.5. The second kappa shape index (κ2) is 6.70. The van der Waals surface area contributed by atoms with Crippen molar-refractivity contribution >= 4 is 28.8 Å². The summed E-state index contributed by atoms with van der Waals surface area (Å²) in [5.41, 5.74) is 0. The SMILES string of the molecule is CN(Cc1ccc(Cl)s1)C(=O)CN1CCCC(O)C1. The largest absolute Gasteiger partial charge is 0.392 e. The van der Waals surface area contributed by atoms with Crippen molar-refractivity contribution in [2.45, 2.75) is 25.5 Å². The molecule has 0 spiro atoms. The molecule has 0 saturated carbocycles. The van der Waals surface area contributed by atoms with E-state index in [4.69, 9.17) is 11.6 Å². The van der Waals surface area contributed by atoms with Crippen molar-refractivity contribution in [3.05, 3.63) is 21.3 Å². The lowest BCUT2D eigenvalue weighted by atomic mass is 10.1. The van der Waals surface area contributed by atoms with Gasteiger partial charge in [0.15, 0.2) is 0 Å². The summed E-state index contributed by atoms with van der Waals surface area (Å²) in [6.07, 6.45) is 1.51. The van der Waals surface area contributed by atoms with Crippen molar-refractivity contribution in [3.63, 3.8) is 0 Å². The first-order valence-corrected chi connectivity index (χ1v) is 7.62. The van der Waals surface area contributed by atoms with Crippen LogP contribution in [0.1, 0.15) is 17.7 Å². The number of nitrogens with zero attached hydrogens (tertiary/aromatic N) is 2. The number of thiophene rings is 1. The van der Waals surface area contributed by atoms with Crippen LogP contribution in [0.15, 0.2) is 12.1 Å². The minimum absolute atomic E-state index is 0.0821. The summed E-state index contributed by atoms with van der Waals surface area (Å²) in [5.74, 6) is 0.0821. The Morgan fingerprint density at radius 2 is 2.42 bits per heavy atom. The van der Waals surface area contributed by atoms with Crippen LogP contribution in [-0.4, -0.2) is 53.6 Å². The number of piperidine rings is 1. The van der Waals surface area contributed by atoms with Gasteiger partial charge in [-0.3, -0.25) is 9.69 Å². The molecule has 1 aliphatic rings. The first-order chi connectivity index (χ1) is 9.04.